The van der Waals surface area contributed by atoms with Crippen molar-refractivity contribution in [3.05, 3.63) is 58.1 Å². The van der Waals surface area contributed by atoms with E-state index in [0.29, 0.717) is 26.0 Å². The highest BCUT2D eigenvalue weighted by molar-refractivity contribution is 6.00. The number of carbonyl (C=O) groups is 2. The molecule has 5 aliphatic rings. The van der Waals surface area contributed by atoms with Crippen LogP contribution in [0.5, 0.6) is 11.5 Å². The maximum atomic E-state index is 12.4. The number of hydrogen-bond acceptors (Lipinski definition) is 7. The first-order chi connectivity index (χ1) is 18.8. The number of imide groups is 1. The summed E-state index contributed by atoms with van der Waals surface area (Å²) in [4.78, 5) is 32.5. The molecule has 0 bridgehead atoms. The minimum absolute atomic E-state index is 0.0211. The second kappa shape index (κ2) is 9.32. The molecule has 0 aromatic heterocycles. The Kier molecular flexibility index (Phi) is 5.99. The van der Waals surface area contributed by atoms with Crippen molar-refractivity contribution in [2.75, 3.05) is 19.7 Å². The van der Waals surface area contributed by atoms with Crippen molar-refractivity contribution in [2.45, 2.75) is 89.1 Å². The van der Waals surface area contributed by atoms with Crippen LogP contribution in [0.2, 0.25) is 0 Å². The van der Waals surface area contributed by atoms with E-state index in [-0.39, 0.29) is 22.8 Å². The third-order valence-corrected chi connectivity index (χ3v) is 9.41. The molecule has 2 aromatic carbocycles. The van der Waals surface area contributed by atoms with Gasteiger partial charge in [0.15, 0.2) is 0 Å². The Bertz CT molecular complexity index is 1330. The van der Waals surface area contributed by atoms with E-state index in [0.717, 1.165) is 69.0 Å². The highest BCUT2D eigenvalue weighted by atomic mass is 16.7. The van der Waals surface area contributed by atoms with E-state index in [1.54, 1.807) is 5.06 Å². The summed E-state index contributed by atoms with van der Waals surface area (Å²) in [5, 5.41) is 4.20. The van der Waals surface area contributed by atoms with Gasteiger partial charge in [-0.15, -0.1) is 0 Å². The number of piperidine rings is 2. The summed E-state index contributed by atoms with van der Waals surface area (Å²) < 4.78 is 12.7. The summed E-state index contributed by atoms with van der Waals surface area (Å²) >= 11 is 0. The molecule has 2 fully saturated rings. The molecule has 5 aliphatic heterocycles. The molecule has 0 aliphatic carbocycles. The lowest BCUT2D eigenvalue weighted by Crippen LogP contribution is -2.52. The summed E-state index contributed by atoms with van der Waals surface area (Å²) in [6.45, 7) is 8.96. The minimum Gasteiger partial charge on any atom is -0.492 e. The largest absolute Gasteiger partial charge is 0.492 e. The number of ether oxygens (including phenoxy) is 2. The molecule has 1 N–H and O–H groups in total. The maximum absolute atomic E-state index is 12.4. The molecule has 5 heterocycles. The summed E-state index contributed by atoms with van der Waals surface area (Å²) in [6.07, 6.45) is 5.05. The van der Waals surface area contributed by atoms with Crippen molar-refractivity contribution < 1.29 is 23.9 Å². The second-order valence-corrected chi connectivity index (χ2v) is 12.5. The highest BCUT2D eigenvalue weighted by Gasteiger charge is 2.44. The minimum atomic E-state index is -0.434. The van der Waals surface area contributed by atoms with Crippen molar-refractivity contribution in [3.63, 3.8) is 0 Å². The van der Waals surface area contributed by atoms with E-state index in [4.69, 9.17) is 14.3 Å². The Labute approximate surface area is 229 Å². The molecule has 8 heteroatoms. The van der Waals surface area contributed by atoms with Gasteiger partial charge in [0.2, 0.25) is 11.8 Å². The number of nitrogens with zero attached hydrogens (tertiary/aromatic N) is 2. The lowest BCUT2D eigenvalue weighted by molar-refractivity contribution is -0.216. The molecule has 1 spiro atoms. The molecule has 39 heavy (non-hydrogen) atoms. The number of aryl methyl sites for hydroxylation is 1. The van der Waals surface area contributed by atoms with E-state index in [2.05, 4.69) is 54.4 Å². The number of fused-ring (bicyclic) bond motifs is 4. The van der Waals surface area contributed by atoms with E-state index in [9.17, 15) is 9.59 Å². The Morgan fingerprint density at radius 2 is 1.87 bits per heavy atom. The molecular weight excluding hydrogens is 494 g/mol. The summed E-state index contributed by atoms with van der Waals surface area (Å²) in [7, 11) is 0. The highest BCUT2D eigenvalue weighted by Crippen LogP contribution is 2.48. The zero-order chi connectivity index (χ0) is 26.8. The number of rotatable bonds is 3. The Morgan fingerprint density at radius 3 is 2.69 bits per heavy atom. The van der Waals surface area contributed by atoms with E-state index >= 15 is 0 Å². The smallest absolute Gasteiger partial charge is 0.246 e. The van der Waals surface area contributed by atoms with E-state index in [1.807, 2.05) is 0 Å². The predicted molar refractivity (Wildman–Crippen MR) is 144 cm³/mol. The first-order valence-electron chi connectivity index (χ1n) is 14.3. The van der Waals surface area contributed by atoms with Crippen LogP contribution in [0, 0.1) is 0 Å². The van der Waals surface area contributed by atoms with Crippen LogP contribution in [-0.2, 0) is 46.0 Å². The molecular formula is C31H37N3O5. The molecule has 206 valence electrons. The van der Waals surface area contributed by atoms with Gasteiger partial charge in [0.1, 0.15) is 23.1 Å². The first-order valence-corrected chi connectivity index (χ1v) is 14.3. The molecule has 2 aromatic rings. The molecule has 2 saturated heterocycles. The van der Waals surface area contributed by atoms with Crippen LogP contribution in [0.25, 0.3) is 0 Å². The van der Waals surface area contributed by atoms with Crippen molar-refractivity contribution in [3.8, 4) is 11.5 Å². The van der Waals surface area contributed by atoms with E-state index < -0.39 is 6.04 Å². The van der Waals surface area contributed by atoms with Gasteiger partial charge >= 0.3 is 0 Å². The molecule has 1 unspecified atom stereocenters. The first kappa shape index (κ1) is 25.1. The molecule has 8 nitrogen and oxygen atoms in total. The van der Waals surface area contributed by atoms with Crippen LogP contribution in [0.15, 0.2) is 30.3 Å². The third kappa shape index (κ3) is 4.52. The van der Waals surface area contributed by atoms with Gasteiger partial charge in [-0.05, 0) is 87.9 Å². The average Bonchev–Trinajstić information content (AvgIpc) is 3.25. The summed E-state index contributed by atoms with van der Waals surface area (Å²) in [6, 6.07) is 10.6. The van der Waals surface area contributed by atoms with Crippen LogP contribution in [0.1, 0.15) is 73.8 Å². The molecule has 2 amide bonds. The Hall–Kier alpha value is -2.94. The predicted octanol–water partition coefficient (Wildman–Crippen LogP) is 3.77. The fraction of sp³-hybridized carbons (Fsp3) is 0.548. The third-order valence-electron chi connectivity index (χ3n) is 9.41. The van der Waals surface area contributed by atoms with Gasteiger partial charge in [0.05, 0.1) is 19.8 Å². The van der Waals surface area contributed by atoms with Gasteiger partial charge in [0, 0.05) is 29.5 Å². The molecule has 0 saturated carbocycles. The number of hydroxylamine groups is 2. The van der Waals surface area contributed by atoms with Gasteiger partial charge in [-0.3, -0.25) is 24.6 Å². The topological polar surface area (TPSA) is 80.3 Å². The lowest BCUT2D eigenvalue weighted by atomic mass is 9.73. The zero-order valence-corrected chi connectivity index (χ0v) is 22.9. The zero-order valence-electron chi connectivity index (χ0n) is 22.9. The SMILES string of the molecule is CC1(C)CCc2cccc(CN3CCC4(CC3)COc3cc5c(cc34)CN(C3CCC(=O)NC3=O)OC5)c2O1. The average molecular weight is 532 g/mol. The number of benzene rings is 2. The Morgan fingerprint density at radius 1 is 1.03 bits per heavy atom. The van der Waals surface area contributed by atoms with Crippen LogP contribution in [0.4, 0.5) is 0 Å². The van der Waals surface area contributed by atoms with E-state index in [1.165, 1.54) is 22.3 Å². The van der Waals surface area contributed by atoms with Gasteiger partial charge in [0.25, 0.3) is 0 Å². The molecule has 1 atom stereocenters. The molecule has 0 radical (unpaired) electrons. The monoisotopic (exact) mass is 531 g/mol. The van der Waals surface area contributed by atoms with Crippen LogP contribution >= 0.6 is 0 Å². The van der Waals surface area contributed by atoms with Crippen molar-refractivity contribution >= 4 is 11.8 Å². The number of carbonyl (C=O) groups excluding carboxylic acids is 2. The van der Waals surface area contributed by atoms with Crippen molar-refractivity contribution in [1.82, 2.24) is 15.3 Å². The number of para-hydroxylation sites is 1. The normalized spacial score (nSPS) is 25.7. The second-order valence-electron chi connectivity index (χ2n) is 12.5. The number of likely N-dealkylation sites (tertiary alicyclic amines) is 1. The Balaban J connectivity index is 1.06. The summed E-state index contributed by atoms with van der Waals surface area (Å²) in [5.41, 5.74) is 6.13. The maximum Gasteiger partial charge on any atom is 0.246 e. The van der Waals surface area contributed by atoms with Crippen molar-refractivity contribution in [1.29, 1.82) is 0 Å². The standard InChI is InChI=1S/C31H37N3O5/c1-30(2)9-8-20-4-3-5-21(28(20)39-30)16-33-12-10-31(11-13-33)19-37-26-15-23-18-38-34(17-22(23)14-24(26)31)25-6-7-27(35)32-29(25)36/h3-5,14-15,25H,6-13,16-19H2,1-2H3,(H,32,35,36). The van der Waals surface area contributed by atoms with Gasteiger partial charge < -0.3 is 9.47 Å². The lowest BCUT2D eigenvalue weighted by Gasteiger charge is -2.40. The number of nitrogens with one attached hydrogen (secondary N) is 1. The fourth-order valence-electron chi connectivity index (χ4n) is 6.95. The fourth-order valence-corrected chi connectivity index (χ4v) is 6.95. The van der Waals surface area contributed by atoms with Crippen LogP contribution in [0.3, 0.4) is 0 Å². The van der Waals surface area contributed by atoms with Gasteiger partial charge in [-0.1, -0.05) is 18.2 Å². The number of amides is 2. The van der Waals surface area contributed by atoms with Crippen LogP contribution < -0.4 is 14.8 Å². The van der Waals surface area contributed by atoms with Crippen LogP contribution in [-0.4, -0.2) is 53.1 Å². The molecule has 7 rings (SSSR count). The van der Waals surface area contributed by atoms with Gasteiger partial charge in [-0.2, -0.15) is 5.06 Å². The summed E-state index contributed by atoms with van der Waals surface area (Å²) in [5.74, 6) is 1.60. The number of hydrogen-bond donors (Lipinski definition) is 1. The van der Waals surface area contributed by atoms with Crippen molar-refractivity contribution in [2.24, 2.45) is 0 Å². The van der Waals surface area contributed by atoms with Gasteiger partial charge in [-0.25, -0.2) is 0 Å². The quantitative estimate of drug-likeness (QED) is 0.604.